The number of hydrogen-bond acceptors (Lipinski definition) is 3. The molecule has 2 N–H and O–H groups in total. The van der Waals surface area contributed by atoms with Gasteiger partial charge in [-0.15, -0.1) is 0 Å². The van der Waals surface area contributed by atoms with E-state index < -0.39 is 0 Å². The van der Waals surface area contributed by atoms with Crippen LogP contribution in [0.1, 0.15) is 32.1 Å². The first kappa shape index (κ1) is 17.0. The van der Waals surface area contributed by atoms with Crippen LogP contribution in [0.3, 0.4) is 0 Å². The van der Waals surface area contributed by atoms with Crippen LogP contribution in [0.2, 0.25) is 0 Å². The maximum atomic E-state index is 5.44. The Hall–Kier alpha value is -1.33. The molecular weight excluding hydrogens is 294 g/mol. The predicted octanol–water partition coefficient (Wildman–Crippen LogP) is 3.25. The summed E-state index contributed by atoms with van der Waals surface area (Å²) < 4.78 is 5.23. The number of hydrogen-bond donors (Lipinski definition) is 2. The van der Waals surface area contributed by atoms with Gasteiger partial charge in [-0.3, -0.25) is 0 Å². The van der Waals surface area contributed by atoms with Gasteiger partial charge >= 0.3 is 0 Å². The Labute approximate surface area is 139 Å². The minimum Gasteiger partial charge on any atom is -0.497 e. The van der Waals surface area contributed by atoms with Crippen LogP contribution in [0.25, 0.3) is 0 Å². The van der Waals surface area contributed by atoms with E-state index in [0.29, 0.717) is 5.11 Å². The SMILES string of the molecule is COc1cccc(NC(=S)NCC2(N(C)C)CCCCC2)c1. The zero-order valence-electron chi connectivity index (χ0n) is 13.8. The van der Waals surface area contributed by atoms with Gasteiger partial charge in [0.05, 0.1) is 7.11 Å². The fourth-order valence-electron chi connectivity index (χ4n) is 3.11. The van der Waals surface area contributed by atoms with Crippen molar-refractivity contribution in [2.45, 2.75) is 37.6 Å². The normalized spacial score (nSPS) is 17.1. The molecule has 1 aliphatic rings. The van der Waals surface area contributed by atoms with Gasteiger partial charge in [-0.25, -0.2) is 0 Å². The summed E-state index contributed by atoms with van der Waals surface area (Å²) >= 11 is 5.44. The van der Waals surface area contributed by atoms with Crippen LogP contribution in [-0.2, 0) is 0 Å². The van der Waals surface area contributed by atoms with Gasteiger partial charge in [0.1, 0.15) is 5.75 Å². The first-order valence-corrected chi connectivity index (χ1v) is 8.33. The lowest BCUT2D eigenvalue weighted by atomic mass is 9.80. The molecule has 1 aromatic carbocycles. The molecule has 1 saturated carbocycles. The minimum absolute atomic E-state index is 0.221. The third kappa shape index (κ3) is 4.34. The summed E-state index contributed by atoms with van der Waals surface area (Å²) in [6, 6.07) is 7.80. The predicted molar refractivity (Wildman–Crippen MR) is 96.7 cm³/mol. The molecule has 0 radical (unpaired) electrons. The van der Waals surface area contributed by atoms with E-state index in [1.165, 1.54) is 32.1 Å². The third-order valence-corrected chi connectivity index (χ3v) is 4.88. The van der Waals surface area contributed by atoms with E-state index in [1.807, 2.05) is 24.3 Å². The number of benzene rings is 1. The van der Waals surface area contributed by atoms with Gasteiger partial charge < -0.3 is 20.3 Å². The largest absolute Gasteiger partial charge is 0.497 e. The molecule has 0 amide bonds. The lowest BCUT2D eigenvalue weighted by Crippen LogP contribution is -2.54. The zero-order valence-corrected chi connectivity index (χ0v) is 14.6. The van der Waals surface area contributed by atoms with Gasteiger partial charge in [-0.1, -0.05) is 25.3 Å². The van der Waals surface area contributed by atoms with Gasteiger partial charge in [-0.2, -0.15) is 0 Å². The number of nitrogens with zero attached hydrogens (tertiary/aromatic N) is 1. The number of rotatable bonds is 5. The number of nitrogens with one attached hydrogen (secondary N) is 2. The summed E-state index contributed by atoms with van der Waals surface area (Å²) in [6.07, 6.45) is 6.41. The van der Waals surface area contributed by atoms with Crippen LogP contribution >= 0.6 is 12.2 Å². The fraction of sp³-hybridized carbons (Fsp3) is 0.588. The average Bonchev–Trinajstić information content (AvgIpc) is 2.54. The van der Waals surface area contributed by atoms with Crippen molar-refractivity contribution in [2.75, 3.05) is 33.1 Å². The molecule has 22 heavy (non-hydrogen) atoms. The molecule has 122 valence electrons. The maximum Gasteiger partial charge on any atom is 0.170 e. The van der Waals surface area contributed by atoms with Crippen molar-refractivity contribution in [3.05, 3.63) is 24.3 Å². The molecular formula is C17H27N3OS. The number of ether oxygens (including phenoxy) is 1. The van der Waals surface area contributed by atoms with E-state index in [0.717, 1.165) is 18.0 Å². The highest BCUT2D eigenvalue weighted by molar-refractivity contribution is 7.80. The van der Waals surface area contributed by atoms with Gasteiger partial charge in [-0.05, 0) is 51.3 Å². The highest BCUT2D eigenvalue weighted by Crippen LogP contribution is 2.31. The summed E-state index contributed by atoms with van der Waals surface area (Å²) in [4.78, 5) is 2.35. The third-order valence-electron chi connectivity index (χ3n) is 4.64. The lowest BCUT2D eigenvalue weighted by molar-refractivity contribution is 0.104. The van der Waals surface area contributed by atoms with Gasteiger partial charge in [0.25, 0.3) is 0 Å². The van der Waals surface area contributed by atoms with Crippen molar-refractivity contribution in [3.8, 4) is 5.75 Å². The Morgan fingerprint density at radius 3 is 2.64 bits per heavy atom. The van der Waals surface area contributed by atoms with E-state index in [9.17, 15) is 0 Å². The van der Waals surface area contributed by atoms with Crippen molar-refractivity contribution in [2.24, 2.45) is 0 Å². The van der Waals surface area contributed by atoms with E-state index in [-0.39, 0.29) is 5.54 Å². The first-order valence-electron chi connectivity index (χ1n) is 7.92. The monoisotopic (exact) mass is 321 g/mol. The molecule has 1 fully saturated rings. The van der Waals surface area contributed by atoms with Crippen LogP contribution in [-0.4, -0.2) is 43.3 Å². The molecule has 0 atom stereocenters. The molecule has 0 unspecified atom stereocenters. The molecule has 0 aromatic heterocycles. The van der Waals surface area contributed by atoms with Crippen LogP contribution in [0.4, 0.5) is 5.69 Å². The Morgan fingerprint density at radius 1 is 1.27 bits per heavy atom. The molecule has 0 saturated heterocycles. The summed E-state index contributed by atoms with van der Waals surface area (Å²) in [6.45, 7) is 0.885. The fourth-order valence-corrected chi connectivity index (χ4v) is 3.30. The Morgan fingerprint density at radius 2 is 2.00 bits per heavy atom. The lowest BCUT2D eigenvalue weighted by Gasteiger charge is -2.43. The molecule has 0 aliphatic heterocycles. The molecule has 4 nitrogen and oxygen atoms in total. The van der Waals surface area contributed by atoms with Crippen molar-refractivity contribution < 1.29 is 4.74 Å². The van der Waals surface area contributed by atoms with E-state index >= 15 is 0 Å². The first-order chi connectivity index (χ1) is 10.6. The zero-order chi connectivity index (χ0) is 16.0. The van der Waals surface area contributed by atoms with Crippen molar-refractivity contribution in [3.63, 3.8) is 0 Å². The van der Waals surface area contributed by atoms with Crippen LogP contribution in [0, 0.1) is 0 Å². The van der Waals surface area contributed by atoms with Gasteiger partial charge in [0.15, 0.2) is 5.11 Å². The van der Waals surface area contributed by atoms with Crippen molar-refractivity contribution >= 4 is 23.0 Å². The molecule has 0 heterocycles. The maximum absolute atomic E-state index is 5.44. The Bertz CT molecular complexity index is 498. The average molecular weight is 321 g/mol. The molecule has 1 aliphatic carbocycles. The summed E-state index contributed by atoms with van der Waals surface area (Å²) in [5, 5.41) is 7.30. The summed E-state index contributed by atoms with van der Waals surface area (Å²) in [7, 11) is 6.01. The molecule has 0 bridgehead atoms. The standard InChI is InChI=1S/C17H27N3OS/c1-20(2)17(10-5-4-6-11-17)13-18-16(22)19-14-8-7-9-15(12-14)21-3/h7-9,12H,4-6,10-11,13H2,1-3H3,(H2,18,19,22). The quantitative estimate of drug-likeness (QED) is 0.814. The Kier molecular flexibility index (Phi) is 6.03. The van der Waals surface area contributed by atoms with E-state index in [4.69, 9.17) is 17.0 Å². The second-order valence-corrected chi connectivity index (χ2v) is 6.63. The molecule has 0 spiro atoms. The molecule has 2 rings (SSSR count). The highest BCUT2D eigenvalue weighted by Gasteiger charge is 2.34. The van der Waals surface area contributed by atoms with Gasteiger partial charge in [0, 0.05) is 23.8 Å². The molecule has 1 aromatic rings. The minimum atomic E-state index is 0.221. The van der Waals surface area contributed by atoms with Crippen LogP contribution in [0.15, 0.2) is 24.3 Å². The number of methoxy groups -OCH3 is 1. The van der Waals surface area contributed by atoms with E-state index in [1.54, 1.807) is 7.11 Å². The smallest absolute Gasteiger partial charge is 0.170 e. The van der Waals surface area contributed by atoms with Crippen LogP contribution < -0.4 is 15.4 Å². The number of anilines is 1. The van der Waals surface area contributed by atoms with E-state index in [2.05, 4.69) is 29.6 Å². The van der Waals surface area contributed by atoms with Crippen molar-refractivity contribution in [1.29, 1.82) is 0 Å². The van der Waals surface area contributed by atoms with Crippen molar-refractivity contribution in [1.82, 2.24) is 10.2 Å². The van der Waals surface area contributed by atoms with Gasteiger partial charge in [0.2, 0.25) is 0 Å². The number of thiocarbonyl (C=S) groups is 1. The second-order valence-electron chi connectivity index (χ2n) is 6.22. The summed E-state index contributed by atoms with van der Waals surface area (Å²) in [5.41, 5.74) is 1.16. The Balaban J connectivity index is 1.90. The summed E-state index contributed by atoms with van der Waals surface area (Å²) in [5.74, 6) is 0.824. The van der Waals surface area contributed by atoms with Crippen LogP contribution in [0.5, 0.6) is 5.75 Å². The second kappa shape index (κ2) is 7.79. The highest BCUT2D eigenvalue weighted by atomic mass is 32.1. The molecule has 5 heteroatoms. The number of likely N-dealkylation sites (N-methyl/N-ethyl adjacent to an activating group) is 1. The topological polar surface area (TPSA) is 36.5 Å².